The third-order valence-corrected chi connectivity index (χ3v) is 3.43. The predicted octanol–water partition coefficient (Wildman–Crippen LogP) is 1.58. The second kappa shape index (κ2) is 6.00. The number of rotatable bonds is 5. The Balaban J connectivity index is 2.00. The van der Waals surface area contributed by atoms with Gasteiger partial charge in [-0.3, -0.25) is 0 Å². The summed E-state index contributed by atoms with van der Waals surface area (Å²) >= 11 is 0. The summed E-state index contributed by atoms with van der Waals surface area (Å²) in [5, 5.41) is 7.95. The predicted molar refractivity (Wildman–Crippen MR) is 65.7 cm³/mol. The number of hydrogen-bond acceptors (Lipinski definition) is 4. The molecule has 17 heavy (non-hydrogen) atoms. The minimum absolute atomic E-state index is 0.239. The average Bonchev–Trinajstić information content (AvgIpc) is 2.78. The summed E-state index contributed by atoms with van der Waals surface area (Å²) in [5.41, 5.74) is 5.80. The molecule has 1 saturated carbocycles. The van der Waals surface area contributed by atoms with Gasteiger partial charge in [0.25, 0.3) is 0 Å². The lowest BCUT2D eigenvalue weighted by Gasteiger charge is -2.30. The van der Waals surface area contributed by atoms with E-state index >= 15 is 0 Å². The van der Waals surface area contributed by atoms with Crippen LogP contribution >= 0.6 is 0 Å². The van der Waals surface area contributed by atoms with E-state index in [0.29, 0.717) is 12.5 Å². The van der Waals surface area contributed by atoms with Crippen LogP contribution in [0.3, 0.4) is 0 Å². The quantitative estimate of drug-likeness (QED) is 0.846. The van der Waals surface area contributed by atoms with Gasteiger partial charge in [0.2, 0.25) is 5.88 Å². The van der Waals surface area contributed by atoms with E-state index in [1.54, 1.807) is 6.20 Å². The van der Waals surface area contributed by atoms with Crippen molar-refractivity contribution in [3.05, 3.63) is 6.20 Å². The Morgan fingerprint density at radius 2 is 2.29 bits per heavy atom. The topological polar surface area (TPSA) is 66.0 Å². The van der Waals surface area contributed by atoms with Gasteiger partial charge in [0.05, 0.1) is 0 Å². The molecule has 96 valence electrons. The fourth-order valence-electron chi connectivity index (χ4n) is 2.46. The van der Waals surface area contributed by atoms with Crippen LogP contribution in [0.5, 0.6) is 5.88 Å². The number of aryl methyl sites for hydroxylation is 1. The lowest BCUT2D eigenvalue weighted by Crippen LogP contribution is -2.35. The van der Waals surface area contributed by atoms with Crippen LogP contribution in [0.1, 0.15) is 39.0 Å². The first-order chi connectivity index (χ1) is 8.35. The van der Waals surface area contributed by atoms with E-state index in [2.05, 4.69) is 17.2 Å². The zero-order valence-corrected chi connectivity index (χ0v) is 10.5. The second-order valence-electron chi connectivity index (χ2n) is 4.73. The first-order valence-corrected chi connectivity index (χ1v) is 6.60. The molecule has 2 rings (SSSR count). The smallest absolute Gasteiger partial charge is 0.232 e. The van der Waals surface area contributed by atoms with Crippen molar-refractivity contribution in [1.82, 2.24) is 15.0 Å². The van der Waals surface area contributed by atoms with Crippen LogP contribution in [0.25, 0.3) is 0 Å². The largest absolute Gasteiger partial charge is 0.473 e. The van der Waals surface area contributed by atoms with Gasteiger partial charge in [-0.25, -0.2) is 4.68 Å². The minimum atomic E-state index is 0.239. The molecule has 1 aromatic rings. The molecule has 1 heterocycles. The van der Waals surface area contributed by atoms with Crippen molar-refractivity contribution in [3.63, 3.8) is 0 Å². The van der Waals surface area contributed by atoms with E-state index in [1.807, 2.05) is 4.68 Å². The fourth-order valence-corrected chi connectivity index (χ4v) is 2.46. The van der Waals surface area contributed by atoms with Crippen LogP contribution in [0, 0.1) is 5.92 Å². The van der Waals surface area contributed by atoms with Gasteiger partial charge in [-0.1, -0.05) is 18.6 Å². The normalized spacial score (nSPS) is 24.8. The van der Waals surface area contributed by atoms with Crippen LogP contribution < -0.4 is 10.5 Å². The third-order valence-electron chi connectivity index (χ3n) is 3.43. The van der Waals surface area contributed by atoms with Gasteiger partial charge in [-0.15, -0.1) is 5.10 Å². The summed E-state index contributed by atoms with van der Waals surface area (Å²) < 4.78 is 7.88. The summed E-state index contributed by atoms with van der Waals surface area (Å²) in [6.07, 6.45) is 7.76. The van der Waals surface area contributed by atoms with Gasteiger partial charge in [-0.2, -0.15) is 0 Å². The molecule has 1 aromatic heterocycles. The highest BCUT2D eigenvalue weighted by Crippen LogP contribution is 2.27. The van der Waals surface area contributed by atoms with Crippen molar-refractivity contribution < 1.29 is 4.74 Å². The highest BCUT2D eigenvalue weighted by atomic mass is 16.5. The molecule has 0 amide bonds. The highest BCUT2D eigenvalue weighted by Gasteiger charge is 2.26. The summed E-state index contributed by atoms with van der Waals surface area (Å²) in [4.78, 5) is 0. The Morgan fingerprint density at radius 1 is 1.47 bits per heavy atom. The molecule has 0 bridgehead atoms. The summed E-state index contributed by atoms with van der Waals surface area (Å²) in [5.74, 6) is 1.27. The SMILES string of the molecule is CCCn1nncc1OC1CCCCC1CN. The van der Waals surface area contributed by atoms with Crippen LogP contribution in [0.4, 0.5) is 0 Å². The minimum Gasteiger partial charge on any atom is -0.473 e. The lowest BCUT2D eigenvalue weighted by atomic mass is 9.86. The van der Waals surface area contributed by atoms with Crippen LogP contribution in [-0.4, -0.2) is 27.6 Å². The van der Waals surface area contributed by atoms with Gasteiger partial charge in [0.15, 0.2) is 0 Å². The number of nitrogens with zero attached hydrogens (tertiary/aromatic N) is 3. The molecular weight excluding hydrogens is 216 g/mol. The Morgan fingerprint density at radius 3 is 3.06 bits per heavy atom. The van der Waals surface area contributed by atoms with Crippen LogP contribution in [0.15, 0.2) is 6.20 Å². The third kappa shape index (κ3) is 2.97. The van der Waals surface area contributed by atoms with Crippen molar-refractivity contribution in [1.29, 1.82) is 0 Å². The average molecular weight is 238 g/mol. The first kappa shape index (κ1) is 12.4. The maximum atomic E-state index is 6.04. The van der Waals surface area contributed by atoms with Gasteiger partial charge in [0.1, 0.15) is 12.3 Å². The van der Waals surface area contributed by atoms with Crippen molar-refractivity contribution >= 4 is 0 Å². The fraction of sp³-hybridized carbons (Fsp3) is 0.833. The number of nitrogens with two attached hydrogens (primary N) is 1. The van der Waals surface area contributed by atoms with Gasteiger partial charge in [-0.05, 0) is 32.2 Å². The Kier molecular flexibility index (Phi) is 4.36. The Labute approximate surface area is 102 Å². The molecule has 5 heteroatoms. The second-order valence-corrected chi connectivity index (χ2v) is 4.73. The van der Waals surface area contributed by atoms with Crippen molar-refractivity contribution in [2.75, 3.05) is 6.54 Å². The monoisotopic (exact) mass is 238 g/mol. The van der Waals surface area contributed by atoms with Crippen LogP contribution in [0.2, 0.25) is 0 Å². The Hall–Kier alpha value is -1.10. The summed E-state index contributed by atoms with van der Waals surface area (Å²) in [7, 11) is 0. The Bertz CT molecular complexity index is 339. The van der Waals surface area contributed by atoms with E-state index in [4.69, 9.17) is 10.5 Å². The highest BCUT2D eigenvalue weighted by molar-refractivity contribution is 5.03. The number of aromatic nitrogens is 3. The van der Waals surface area contributed by atoms with Crippen molar-refractivity contribution in [3.8, 4) is 5.88 Å². The van der Waals surface area contributed by atoms with Crippen LogP contribution in [-0.2, 0) is 6.54 Å². The number of ether oxygens (including phenoxy) is 1. The van der Waals surface area contributed by atoms with Crippen molar-refractivity contribution in [2.24, 2.45) is 11.7 Å². The molecule has 0 aromatic carbocycles. The number of hydrogen-bond donors (Lipinski definition) is 1. The first-order valence-electron chi connectivity index (χ1n) is 6.60. The summed E-state index contributed by atoms with van der Waals surface area (Å²) in [6.45, 7) is 3.68. The standard InChI is InChI=1S/C12H22N4O/c1-2-7-16-12(9-14-15-16)17-11-6-4-3-5-10(11)8-13/h9-11H,2-8,13H2,1H3. The molecule has 1 fully saturated rings. The molecule has 2 N–H and O–H groups in total. The zero-order valence-electron chi connectivity index (χ0n) is 10.5. The van der Waals surface area contributed by atoms with E-state index in [0.717, 1.165) is 25.3 Å². The van der Waals surface area contributed by atoms with Gasteiger partial charge in [0, 0.05) is 12.5 Å². The molecule has 5 nitrogen and oxygen atoms in total. The molecule has 0 aliphatic heterocycles. The zero-order chi connectivity index (χ0) is 12.1. The van der Waals surface area contributed by atoms with Crippen molar-refractivity contribution in [2.45, 2.75) is 51.7 Å². The van der Waals surface area contributed by atoms with E-state index in [9.17, 15) is 0 Å². The molecule has 2 atom stereocenters. The summed E-state index contributed by atoms with van der Waals surface area (Å²) in [6, 6.07) is 0. The lowest BCUT2D eigenvalue weighted by molar-refractivity contribution is 0.0864. The molecule has 0 radical (unpaired) electrons. The van der Waals surface area contributed by atoms with Gasteiger partial charge < -0.3 is 10.5 Å². The molecule has 0 spiro atoms. The molecule has 2 unspecified atom stereocenters. The maximum Gasteiger partial charge on any atom is 0.232 e. The van der Waals surface area contributed by atoms with Gasteiger partial charge >= 0.3 is 0 Å². The maximum absolute atomic E-state index is 6.04. The molecule has 0 saturated heterocycles. The van der Waals surface area contributed by atoms with E-state index in [1.165, 1.54) is 19.3 Å². The van der Waals surface area contributed by atoms with E-state index in [-0.39, 0.29) is 6.10 Å². The molecule has 1 aliphatic carbocycles. The molecule has 1 aliphatic rings. The van der Waals surface area contributed by atoms with E-state index < -0.39 is 0 Å². The molecular formula is C12H22N4O.